The Bertz CT molecular complexity index is 765. The van der Waals surface area contributed by atoms with Gasteiger partial charge in [0.1, 0.15) is 0 Å². The number of anilines is 1. The molecule has 0 bridgehead atoms. The fourth-order valence-electron chi connectivity index (χ4n) is 3.11. The number of hydrogen-bond acceptors (Lipinski definition) is 3. The van der Waals surface area contributed by atoms with Crippen molar-refractivity contribution in [3.8, 4) is 0 Å². The molecule has 3 nitrogen and oxygen atoms in total. The fraction of sp³-hybridized carbons (Fsp3) is 0.333. The highest BCUT2D eigenvalue weighted by atomic mass is 32.2. The van der Waals surface area contributed by atoms with Crippen LogP contribution in [0.4, 0.5) is 5.69 Å². The molecule has 0 aliphatic heterocycles. The zero-order chi connectivity index (χ0) is 15.8. The van der Waals surface area contributed by atoms with E-state index in [0.29, 0.717) is 4.90 Å². The van der Waals surface area contributed by atoms with Gasteiger partial charge in [0.05, 0.1) is 10.6 Å². The minimum absolute atomic E-state index is 0.167. The lowest BCUT2D eigenvalue weighted by Gasteiger charge is -2.27. The molecular weight excluding hydrogens is 294 g/mol. The molecule has 116 valence electrons. The molecule has 0 unspecified atom stereocenters. The Morgan fingerprint density at radius 2 is 1.59 bits per heavy atom. The monoisotopic (exact) mass is 315 g/mol. The van der Waals surface area contributed by atoms with E-state index in [1.807, 2.05) is 25.2 Å². The van der Waals surface area contributed by atoms with Crippen molar-refractivity contribution in [2.45, 2.75) is 23.2 Å². The first kappa shape index (κ1) is 15.1. The summed E-state index contributed by atoms with van der Waals surface area (Å²) in [5.74, 6) is 0. The lowest BCUT2D eigenvalue weighted by molar-refractivity contribution is 0.600. The Morgan fingerprint density at radius 1 is 1.00 bits per heavy atom. The third-order valence-electron chi connectivity index (χ3n) is 4.46. The summed E-state index contributed by atoms with van der Waals surface area (Å²) in [6.45, 7) is 0.837. The molecule has 0 saturated heterocycles. The van der Waals surface area contributed by atoms with Crippen molar-refractivity contribution in [3.05, 3.63) is 60.2 Å². The van der Waals surface area contributed by atoms with Crippen LogP contribution in [0.2, 0.25) is 0 Å². The van der Waals surface area contributed by atoms with E-state index in [1.165, 1.54) is 11.8 Å². The SMILES string of the molecule is CN(CC1(c2ccccc2)CC1)c1ccccc1S(C)(=O)=O. The summed E-state index contributed by atoms with van der Waals surface area (Å²) < 4.78 is 24.0. The Balaban J connectivity index is 1.89. The largest absolute Gasteiger partial charge is 0.373 e. The zero-order valence-corrected chi connectivity index (χ0v) is 13.8. The summed E-state index contributed by atoms with van der Waals surface area (Å²) >= 11 is 0. The molecule has 22 heavy (non-hydrogen) atoms. The minimum Gasteiger partial charge on any atom is -0.373 e. The Labute approximate surface area is 132 Å². The standard InChI is InChI=1S/C18H21NO2S/c1-19(16-10-6-7-11-17(16)22(2,20)21)14-18(12-13-18)15-8-4-3-5-9-15/h3-11H,12-14H2,1-2H3. The fourth-order valence-corrected chi connectivity index (χ4v) is 4.04. The van der Waals surface area contributed by atoms with Crippen LogP contribution in [0.1, 0.15) is 18.4 Å². The predicted octanol–water partition coefficient (Wildman–Crippen LogP) is 3.26. The summed E-state index contributed by atoms with van der Waals surface area (Å²) in [7, 11) is -1.24. The predicted molar refractivity (Wildman–Crippen MR) is 90.2 cm³/mol. The van der Waals surface area contributed by atoms with E-state index >= 15 is 0 Å². The third-order valence-corrected chi connectivity index (χ3v) is 5.60. The van der Waals surface area contributed by atoms with Crippen LogP contribution in [-0.4, -0.2) is 28.3 Å². The highest BCUT2D eigenvalue weighted by molar-refractivity contribution is 7.90. The van der Waals surface area contributed by atoms with Crippen molar-refractivity contribution < 1.29 is 8.42 Å². The molecule has 1 saturated carbocycles. The van der Waals surface area contributed by atoms with Gasteiger partial charge < -0.3 is 4.90 Å². The van der Waals surface area contributed by atoms with E-state index < -0.39 is 9.84 Å². The molecule has 0 atom stereocenters. The van der Waals surface area contributed by atoms with E-state index in [-0.39, 0.29) is 5.41 Å². The van der Waals surface area contributed by atoms with Gasteiger partial charge >= 0.3 is 0 Å². The number of benzene rings is 2. The maximum Gasteiger partial charge on any atom is 0.177 e. The molecule has 2 aromatic rings. The Kier molecular flexibility index (Phi) is 3.73. The molecule has 1 aliphatic rings. The quantitative estimate of drug-likeness (QED) is 0.850. The first-order valence-electron chi connectivity index (χ1n) is 7.48. The number of nitrogens with zero attached hydrogens (tertiary/aromatic N) is 1. The average molecular weight is 315 g/mol. The maximum atomic E-state index is 12.0. The average Bonchev–Trinajstić information content (AvgIpc) is 3.28. The Hall–Kier alpha value is -1.81. The molecule has 1 aliphatic carbocycles. The maximum absolute atomic E-state index is 12.0. The Morgan fingerprint density at radius 3 is 2.18 bits per heavy atom. The van der Waals surface area contributed by atoms with E-state index in [9.17, 15) is 8.42 Å². The van der Waals surface area contributed by atoms with E-state index in [2.05, 4.69) is 29.2 Å². The van der Waals surface area contributed by atoms with Crippen LogP contribution in [0.25, 0.3) is 0 Å². The van der Waals surface area contributed by atoms with Gasteiger partial charge in [-0.1, -0.05) is 42.5 Å². The molecule has 0 aromatic heterocycles. The number of hydrogen-bond donors (Lipinski definition) is 0. The molecule has 3 rings (SSSR count). The number of rotatable bonds is 5. The molecule has 0 N–H and O–H groups in total. The topological polar surface area (TPSA) is 37.4 Å². The van der Waals surface area contributed by atoms with Crippen LogP contribution in [0.5, 0.6) is 0 Å². The minimum atomic E-state index is -3.22. The van der Waals surface area contributed by atoms with Gasteiger partial charge in [0.15, 0.2) is 9.84 Å². The van der Waals surface area contributed by atoms with Crippen LogP contribution in [-0.2, 0) is 15.3 Å². The molecule has 0 spiro atoms. The smallest absolute Gasteiger partial charge is 0.177 e. The summed E-state index contributed by atoms with van der Waals surface area (Å²) in [6, 6.07) is 17.7. The van der Waals surface area contributed by atoms with Crippen LogP contribution < -0.4 is 4.90 Å². The normalized spacial score (nSPS) is 16.3. The van der Waals surface area contributed by atoms with Crippen LogP contribution >= 0.6 is 0 Å². The number of para-hydroxylation sites is 1. The highest BCUT2D eigenvalue weighted by Crippen LogP contribution is 2.49. The lowest BCUT2D eigenvalue weighted by Crippen LogP contribution is -2.30. The number of sulfone groups is 1. The molecule has 0 amide bonds. The van der Waals surface area contributed by atoms with Crippen molar-refractivity contribution in [1.82, 2.24) is 0 Å². The van der Waals surface area contributed by atoms with Crippen LogP contribution in [0.15, 0.2) is 59.5 Å². The van der Waals surface area contributed by atoms with Crippen molar-refractivity contribution in [1.29, 1.82) is 0 Å². The summed E-state index contributed by atoms with van der Waals surface area (Å²) in [5, 5.41) is 0. The summed E-state index contributed by atoms with van der Waals surface area (Å²) in [5.41, 5.74) is 2.30. The first-order valence-corrected chi connectivity index (χ1v) is 9.37. The molecular formula is C18H21NO2S. The van der Waals surface area contributed by atoms with Gasteiger partial charge in [-0.15, -0.1) is 0 Å². The van der Waals surface area contributed by atoms with Crippen molar-refractivity contribution >= 4 is 15.5 Å². The highest BCUT2D eigenvalue weighted by Gasteiger charge is 2.45. The van der Waals surface area contributed by atoms with Gasteiger partial charge in [-0.25, -0.2) is 8.42 Å². The zero-order valence-electron chi connectivity index (χ0n) is 13.0. The van der Waals surface area contributed by atoms with Gasteiger partial charge in [-0.05, 0) is 30.5 Å². The molecule has 0 heterocycles. The first-order chi connectivity index (χ1) is 10.4. The van der Waals surface area contributed by atoms with Gasteiger partial charge in [-0.3, -0.25) is 0 Å². The van der Waals surface area contributed by atoms with Crippen molar-refractivity contribution in [2.75, 3.05) is 24.7 Å². The molecule has 1 fully saturated rings. The van der Waals surface area contributed by atoms with Gasteiger partial charge in [0.2, 0.25) is 0 Å². The van der Waals surface area contributed by atoms with Crippen molar-refractivity contribution in [2.24, 2.45) is 0 Å². The van der Waals surface area contributed by atoms with E-state index in [0.717, 1.165) is 25.1 Å². The second kappa shape index (κ2) is 5.43. The summed E-state index contributed by atoms with van der Waals surface area (Å²) in [4.78, 5) is 2.48. The second-order valence-electron chi connectivity index (χ2n) is 6.24. The van der Waals surface area contributed by atoms with Gasteiger partial charge in [0, 0.05) is 25.3 Å². The molecule has 4 heteroatoms. The molecule has 0 radical (unpaired) electrons. The molecule has 2 aromatic carbocycles. The third kappa shape index (κ3) is 2.88. The van der Waals surface area contributed by atoms with Gasteiger partial charge in [0.25, 0.3) is 0 Å². The lowest BCUT2D eigenvalue weighted by atomic mass is 9.95. The van der Waals surface area contributed by atoms with E-state index in [4.69, 9.17) is 0 Å². The summed E-state index contributed by atoms with van der Waals surface area (Å²) in [6.07, 6.45) is 3.58. The van der Waals surface area contributed by atoms with Crippen molar-refractivity contribution in [3.63, 3.8) is 0 Å². The van der Waals surface area contributed by atoms with Gasteiger partial charge in [-0.2, -0.15) is 0 Å². The van der Waals surface area contributed by atoms with Crippen LogP contribution in [0.3, 0.4) is 0 Å². The number of likely N-dealkylation sites (N-methyl/N-ethyl adjacent to an activating group) is 1. The second-order valence-corrected chi connectivity index (χ2v) is 8.23. The van der Waals surface area contributed by atoms with Crippen LogP contribution in [0, 0.1) is 0 Å². The van der Waals surface area contributed by atoms with E-state index in [1.54, 1.807) is 12.1 Å².